The van der Waals surface area contributed by atoms with Crippen LogP contribution in [0.25, 0.3) is 0 Å². The number of hydrogen-bond donors (Lipinski definition) is 1. The largest absolute Gasteiger partial charge is 0.469 e. The zero-order valence-electron chi connectivity index (χ0n) is 14.4. The van der Waals surface area contributed by atoms with Gasteiger partial charge in [0.25, 0.3) is 0 Å². The van der Waals surface area contributed by atoms with E-state index < -0.39 is 0 Å². The number of rotatable bonds is 7. The molecule has 1 aliphatic heterocycles. The second-order valence-corrected chi connectivity index (χ2v) is 5.74. The molecule has 2 heterocycles. The van der Waals surface area contributed by atoms with Gasteiger partial charge >= 0.3 is 5.97 Å². The monoisotopic (exact) mass is 333 g/mol. The second kappa shape index (κ2) is 9.80. The van der Waals surface area contributed by atoms with E-state index in [2.05, 4.69) is 21.8 Å². The molecule has 6 heteroatoms. The fraction of sp³-hybridized carbons (Fsp3) is 0.556. The molecule has 1 unspecified atom stereocenters. The van der Waals surface area contributed by atoms with Crippen molar-refractivity contribution in [2.24, 2.45) is 10.9 Å². The Balaban J connectivity index is 1.96. The Morgan fingerprint density at radius 3 is 3.21 bits per heavy atom. The van der Waals surface area contributed by atoms with Gasteiger partial charge in [-0.25, -0.2) is 0 Å². The van der Waals surface area contributed by atoms with E-state index >= 15 is 0 Å². The molecule has 1 aliphatic rings. The van der Waals surface area contributed by atoms with Crippen molar-refractivity contribution < 1.29 is 13.9 Å². The topological polar surface area (TPSA) is 67.1 Å². The maximum atomic E-state index is 12.0. The molecule has 1 N–H and O–H groups in total. The van der Waals surface area contributed by atoms with E-state index in [4.69, 9.17) is 9.15 Å². The van der Waals surface area contributed by atoms with Crippen LogP contribution in [0.3, 0.4) is 0 Å². The van der Waals surface area contributed by atoms with Crippen molar-refractivity contribution in [2.75, 3.05) is 32.8 Å². The first kappa shape index (κ1) is 18.1. The number of hydrogen-bond acceptors (Lipinski definition) is 4. The standard InChI is InChI=1S/C18H27N3O3/c1-3-10-19-18(20-11-9-16-8-6-13-24-16)21-12-5-7-15(14-21)17(22)23-4-2/h3,6,8,13,15H,1,4-5,7,9-12,14H2,2H3,(H,19,20). The summed E-state index contributed by atoms with van der Waals surface area (Å²) in [5, 5.41) is 3.29. The number of nitrogens with one attached hydrogen (secondary N) is 1. The number of carbonyl (C=O) groups is 1. The Morgan fingerprint density at radius 2 is 2.50 bits per heavy atom. The molecule has 0 bridgehead atoms. The number of piperidine rings is 1. The van der Waals surface area contributed by atoms with Gasteiger partial charge in [-0.15, -0.1) is 6.58 Å². The average Bonchev–Trinajstić information content (AvgIpc) is 3.11. The molecular formula is C18H27N3O3. The molecule has 0 aliphatic carbocycles. The minimum Gasteiger partial charge on any atom is -0.469 e. The van der Waals surface area contributed by atoms with Crippen LogP contribution in [-0.2, 0) is 16.0 Å². The van der Waals surface area contributed by atoms with Gasteiger partial charge in [-0.3, -0.25) is 9.79 Å². The molecule has 0 aromatic carbocycles. The van der Waals surface area contributed by atoms with Gasteiger partial charge in [0, 0.05) is 32.6 Å². The Kier molecular flexibility index (Phi) is 7.39. The minimum atomic E-state index is -0.110. The minimum absolute atomic E-state index is 0.0838. The third-order valence-electron chi connectivity index (χ3n) is 3.95. The number of aliphatic imine (C=N–C) groups is 1. The molecular weight excluding hydrogens is 306 g/mol. The van der Waals surface area contributed by atoms with Crippen LogP contribution < -0.4 is 5.32 Å². The molecule has 1 aromatic heterocycles. The first-order valence-electron chi connectivity index (χ1n) is 8.57. The van der Waals surface area contributed by atoms with Gasteiger partial charge in [0.15, 0.2) is 5.96 Å². The molecule has 0 saturated carbocycles. The second-order valence-electron chi connectivity index (χ2n) is 5.74. The van der Waals surface area contributed by atoms with Gasteiger partial charge in [-0.05, 0) is 31.9 Å². The van der Waals surface area contributed by atoms with Crippen molar-refractivity contribution >= 4 is 11.9 Å². The smallest absolute Gasteiger partial charge is 0.310 e. The van der Waals surface area contributed by atoms with E-state index in [0.717, 1.165) is 37.5 Å². The number of esters is 1. The van der Waals surface area contributed by atoms with Gasteiger partial charge < -0.3 is 19.4 Å². The van der Waals surface area contributed by atoms with Gasteiger partial charge in [0.2, 0.25) is 0 Å². The molecule has 2 rings (SSSR count). The molecule has 24 heavy (non-hydrogen) atoms. The van der Waals surface area contributed by atoms with Crippen LogP contribution in [0.1, 0.15) is 25.5 Å². The van der Waals surface area contributed by atoms with Crippen LogP contribution in [-0.4, -0.2) is 49.6 Å². The van der Waals surface area contributed by atoms with Crippen LogP contribution in [0, 0.1) is 5.92 Å². The fourth-order valence-electron chi connectivity index (χ4n) is 2.78. The zero-order valence-corrected chi connectivity index (χ0v) is 14.4. The van der Waals surface area contributed by atoms with E-state index in [-0.39, 0.29) is 11.9 Å². The van der Waals surface area contributed by atoms with Gasteiger partial charge in [-0.1, -0.05) is 6.08 Å². The molecule has 1 atom stereocenters. The SMILES string of the molecule is C=CCNC(=NCCc1ccco1)N1CCCC(C(=O)OCC)C1. The van der Waals surface area contributed by atoms with Crippen molar-refractivity contribution in [3.8, 4) is 0 Å². The normalized spacial score (nSPS) is 18.3. The van der Waals surface area contributed by atoms with E-state index in [1.807, 2.05) is 19.1 Å². The third-order valence-corrected chi connectivity index (χ3v) is 3.95. The molecule has 0 spiro atoms. The van der Waals surface area contributed by atoms with Crippen molar-refractivity contribution in [1.29, 1.82) is 0 Å². The highest BCUT2D eigenvalue weighted by Crippen LogP contribution is 2.18. The lowest BCUT2D eigenvalue weighted by molar-refractivity contribution is -0.149. The maximum absolute atomic E-state index is 12.0. The van der Waals surface area contributed by atoms with Gasteiger partial charge in [0.05, 0.1) is 18.8 Å². The quantitative estimate of drug-likeness (QED) is 0.359. The molecule has 1 saturated heterocycles. The highest BCUT2D eigenvalue weighted by Gasteiger charge is 2.28. The summed E-state index contributed by atoms with van der Waals surface area (Å²) >= 11 is 0. The summed E-state index contributed by atoms with van der Waals surface area (Å²) in [4.78, 5) is 18.8. The predicted octanol–water partition coefficient (Wildman–Crippen LogP) is 2.23. The van der Waals surface area contributed by atoms with Crippen molar-refractivity contribution in [2.45, 2.75) is 26.2 Å². The summed E-state index contributed by atoms with van der Waals surface area (Å²) < 4.78 is 10.5. The average molecular weight is 333 g/mol. The lowest BCUT2D eigenvalue weighted by atomic mass is 9.98. The third kappa shape index (κ3) is 5.44. The Morgan fingerprint density at radius 1 is 1.62 bits per heavy atom. The van der Waals surface area contributed by atoms with Crippen LogP contribution >= 0.6 is 0 Å². The summed E-state index contributed by atoms with van der Waals surface area (Å²) in [6, 6.07) is 3.83. The summed E-state index contributed by atoms with van der Waals surface area (Å²) in [7, 11) is 0. The fourth-order valence-corrected chi connectivity index (χ4v) is 2.78. The first-order chi connectivity index (χ1) is 11.7. The highest BCUT2D eigenvalue weighted by atomic mass is 16.5. The lowest BCUT2D eigenvalue weighted by Gasteiger charge is -2.34. The van der Waals surface area contributed by atoms with Crippen LogP contribution in [0.15, 0.2) is 40.5 Å². The molecule has 1 aromatic rings. The highest BCUT2D eigenvalue weighted by molar-refractivity contribution is 5.81. The predicted molar refractivity (Wildman–Crippen MR) is 93.8 cm³/mol. The molecule has 132 valence electrons. The number of guanidine groups is 1. The van der Waals surface area contributed by atoms with Crippen LogP contribution in [0.4, 0.5) is 0 Å². The zero-order chi connectivity index (χ0) is 17.2. The summed E-state index contributed by atoms with van der Waals surface area (Å²) in [6.45, 7) is 8.81. The summed E-state index contributed by atoms with van der Waals surface area (Å²) in [5.41, 5.74) is 0. The molecule has 6 nitrogen and oxygen atoms in total. The van der Waals surface area contributed by atoms with E-state index in [1.54, 1.807) is 12.3 Å². The van der Waals surface area contributed by atoms with Gasteiger partial charge in [-0.2, -0.15) is 0 Å². The Labute approximate surface area is 143 Å². The van der Waals surface area contributed by atoms with Crippen molar-refractivity contribution in [3.63, 3.8) is 0 Å². The van der Waals surface area contributed by atoms with E-state index in [1.165, 1.54) is 0 Å². The van der Waals surface area contributed by atoms with Crippen LogP contribution in [0.2, 0.25) is 0 Å². The maximum Gasteiger partial charge on any atom is 0.310 e. The Bertz CT molecular complexity index is 540. The lowest BCUT2D eigenvalue weighted by Crippen LogP contribution is -2.48. The Hall–Kier alpha value is -2.24. The number of nitrogens with zero attached hydrogens (tertiary/aromatic N) is 2. The van der Waals surface area contributed by atoms with E-state index in [0.29, 0.717) is 26.2 Å². The molecule has 1 fully saturated rings. The first-order valence-corrected chi connectivity index (χ1v) is 8.57. The van der Waals surface area contributed by atoms with E-state index in [9.17, 15) is 4.79 Å². The molecule has 0 radical (unpaired) electrons. The number of furan rings is 1. The number of ether oxygens (including phenoxy) is 1. The van der Waals surface area contributed by atoms with Crippen molar-refractivity contribution in [3.05, 3.63) is 36.8 Å². The summed E-state index contributed by atoms with van der Waals surface area (Å²) in [6.07, 6.45) is 6.05. The van der Waals surface area contributed by atoms with Gasteiger partial charge in [0.1, 0.15) is 5.76 Å². The number of carbonyl (C=O) groups excluding carboxylic acids is 1. The summed E-state index contributed by atoms with van der Waals surface area (Å²) in [5.74, 6) is 1.54. The van der Waals surface area contributed by atoms with Crippen molar-refractivity contribution in [1.82, 2.24) is 10.2 Å². The van der Waals surface area contributed by atoms with Crippen LogP contribution in [0.5, 0.6) is 0 Å². The molecule has 0 amide bonds. The number of likely N-dealkylation sites (tertiary alicyclic amines) is 1.